The van der Waals surface area contributed by atoms with Gasteiger partial charge in [-0.2, -0.15) is 0 Å². The second-order valence-corrected chi connectivity index (χ2v) is 12.8. The minimum absolute atomic E-state index is 0.134. The van der Waals surface area contributed by atoms with Crippen LogP contribution in [0.4, 0.5) is 0 Å². The van der Waals surface area contributed by atoms with Crippen LogP contribution in [-0.2, 0) is 40.8 Å². The lowest BCUT2D eigenvalue weighted by Crippen LogP contribution is -2.29. The average Bonchev–Trinajstić information content (AvgIpc) is 4.06. The van der Waals surface area contributed by atoms with Crippen LogP contribution in [0, 0.1) is 20.8 Å². The van der Waals surface area contributed by atoms with Crippen LogP contribution in [0.5, 0.6) is 0 Å². The van der Waals surface area contributed by atoms with E-state index in [1.165, 1.54) is 111 Å². The fourth-order valence-electron chi connectivity index (χ4n) is 4.67. The summed E-state index contributed by atoms with van der Waals surface area (Å²) in [5.41, 5.74) is 0. The average molecular weight is 793 g/mol. The molecule has 0 radical (unpaired) electrons. The van der Waals surface area contributed by atoms with Gasteiger partial charge in [0.15, 0.2) is 0 Å². The predicted octanol–water partition coefficient (Wildman–Crippen LogP) is 3.19. The Kier molecular flexibility index (Phi) is 23.6. The standard InChI is InChI=1S/3C9H17N2.3C5H4O3/c3*1-4-5-6-11-8-7-10(3)9(11)2;3*6-5(7)4-2-1-3-8-4/h3*7-8H,4-6H2,1-3H3;3*1-3H,(H,6,7)/q3*+1;;;/p-3. The third-order valence-electron chi connectivity index (χ3n) is 8.61. The van der Waals surface area contributed by atoms with Crippen LogP contribution < -0.4 is 29.0 Å². The number of aromatic carboxylic acids is 3. The molecule has 15 nitrogen and oxygen atoms in total. The first-order valence-corrected chi connectivity index (χ1v) is 19.0. The molecule has 6 rings (SSSR count). The Morgan fingerprint density at radius 1 is 0.509 bits per heavy atom. The maximum atomic E-state index is 9.86. The molecular weight excluding hydrogens is 732 g/mol. The van der Waals surface area contributed by atoms with Gasteiger partial charge in [0.2, 0.25) is 0 Å². The summed E-state index contributed by atoms with van der Waals surface area (Å²) in [6.07, 6.45) is 24.2. The summed E-state index contributed by atoms with van der Waals surface area (Å²) in [4.78, 5) is 29.6. The van der Waals surface area contributed by atoms with Crippen LogP contribution in [0.1, 0.15) is 108 Å². The molecule has 0 atom stereocenters. The number of unbranched alkanes of at least 4 members (excludes halogenated alkanes) is 3. The van der Waals surface area contributed by atoms with Gasteiger partial charge >= 0.3 is 0 Å². The van der Waals surface area contributed by atoms with Crippen molar-refractivity contribution in [3.63, 3.8) is 0 Å². The van der Waals surface area contributed by atoms with Crippen molar-refractivity contribution in [2.24, 2.45) is 21.1 Å². The van der Waals surface area contributed by atoms with E-state index in [-0.39, 0.29) is 17.3 Å². The van der Waals surface area contributed by atoms with Crippen LogP contribution in [0.3, 0.4) is 0 Å². The van der Waals surface area contributed by atoms with Gasteiger partial charge in [-0.1, -0.05) is 40.0 Å². The Morgan fingerprint density at radius 2 is 0.754 bits per heavy atom. The van der Waals surface area contributed by atoms with E-state index in [9.17, 15) is 29.7 Å². The molecule has 0 unspecified atom stereocenters. The first kappa shape index (κ1) is 48.9. The summed E-state index contributed by atoms with van der Waals surface area (Å²) >= 11 is 0. The van der Waals surface area contributed by atoms with Crippen LogP contribution in [0.2, 0.25) is 0 Å². The smallest absolute Gasteiger partial charge is 0.253 e. The van der Waals surface area contributed by atoms with E-state index < -0.39 is 17.9 Å². The molecule has 15 heteroatoms. The molecule has 0 fully saturated rings. The van der Waals surface area contributed by atoms with Crippen LogP contribution in [-0.4, -0.2) is 31.6 Å². The third kappa shape index (κ3) is 18.9. The maximum absolute atomic E-state index is 9.86. The molecule has 57 heavy (non-hydrogen) atoms. The molecule has 0 aromatic carbocycles. The molecule has 0 saturated carbocycles. The summed E-state index contributed by atoms with van der Waals surface area (Å²) < 4.78 is 26.6. The number of aromatic nitrogens is 6. The molecule has 6 aromatic heterocycles. The Balaban J connectivity index is 0.000000344. The van der Waals surface area contributed by atoms with Gasteiger partial charge in [0, 0.05) is 20.8 Å². The van der Waals surface area contributed by atoms with E-state index in [0.29, 0.717) is 0 Å². The number of hydrogen-bond donors (Lipinski definition) is 0. The van der Waals surface area contributed by atoms with Gasteiger partial charge in [0.25, 0.3) is 17.5 Å². The van der Waals surface area contributed by atoms with Crippen molar-refractivity contribution in [3.8, 4) is 0 Å². The largest absolute Gasteiger partial charge is 0.542 e. The van der Waals surface area contributed by atoms with Gasteiger partial charge in [0.1, 0.15) is 72.4 Å². The van der Waals surface area contributed by atoms with Crippen molar-refractivity contribution in [1.29, 1.82) is 0 Å². The maximum Gasteiger partial charge on any atom is 0.253 e. The van der Waals surface area contributed by atoms with E-state index in [1.807, 2.05) is 0 Å². The number of carboxylic acids is 3. The molecule has 0 aliphatic rings. The lowest BCUT2D eigenvalue weighted by Gasteiger charge is -1.95. The first-order chi connectivity index (χ1) is 27.2. The lowest BCUT2D eigenvalue weighted by molar-refractivity contribution is -0.677. The number of imidazole rings is 3. The van der Waals surface area contributed by atoms with E-state index in [2.05, 4.69) is 141 Å². The zero-order valence-corrected chi connectivity index (χ0v) is 34.9. The Hall–Kier alpha value is -6.12. The highest BCUT2D eigenvalue weighted by Gasteiger charge is 2.08. The molecule has 0 amide bonds. The predicted molar refractivity (Wildman–Crippen MR) is 205 cm³/mol. The van der Waals surface area contributed by atoms with Crippen molar-refractivity contribution < 1.29 is 56.7 Å². The number of hydrogen-bond acceptors (Lipinski definition) is 9. The van der Waals surface area contributed by atoms with Crippen LogP contribution >= 0.6 is 0 Å². The minimum atomic E-state index is -1.28. The highest BCUT2D eigenvalue weighted by atomic mass is 16.4. The van der Waals surface area contributed by atoms with Crippen molar-refractivity contribution in [2.75, 3.05) is 0 Å². The molecule has 0 N–H and O–H groups in total. The SMILES string of the molecule is CCCCn1cc[n+](C)c1C.CCCCn1cc[n+](C)c1C.CCCCn1cc[n+](C)c1C.O=C([O-])c1ccco1.O=C([O-])c1ccco1.O=C([O-])c1ccco1. The van der Waals surface area contributed by atoms with Crippen LogP contribution in [0.15, 0.2) is 106 Å². The van der Waals surface area contributed by atoms with Crippen molar-refractivity contribution in [3.05, 3.63) is 127 Å². The van der Waals surface area contributed by atoms with Crippen LogP contribution in [0.25, 0.3) is 0 Å². The summed E-state index contributed by atoms with van der Waals surface area (Å²) in [5.74, 6) is -0.254. The first-order valence-electron chi connectivity index (χ1n) is 19.0. The zero-order chi connectivity index (χ0) is 42.8. The number of aryl methyl sites for hydroxylation is 6. The summed E-state index contributed by atoms with van der Waals surface area (Å²) in [6.45, 7) is 16.6. The molecule has 0 saturated heterocycles. The quantitative estimate of drug-likeness (QED) is 0.168. The summed E-state index contributed by atoms with van der Waals surface area (Å²) in [7, 11) is 6.24. The zero-order valence-electron chi connectivity index (χ0n) is 34.9. The van der Waals surface area contributed by atoms with Crippen molar-refractivity contribution in [1.82, 2.24) is 13.7 Å². The number of carbonyl (C=O) groups excluding carboxylic acids is 3. The molecule has 0 bridgehead atoms. The Bertz CT molecular complexity index is 1730. The summed E-state index contributed by atoms with van der Waals surface area (Å²) in [5, 5.41) is 29.6. The highest BCUT2D eigenvalue weighted by Crippen LogP contribution is 2.00. The molecule has 0 spiro atoms. The molecular formula is C42H60N6O9. The fourth-order valence-corrected chi connectivity index (χ4v) is 4.67. The monoisotopic (exact) mass is 792 g/mol. The van der Waals surface area contributed by atoms with Crippen molar-refractivity contribution in [2.45, 2.75) is 99.7 Å². The molecule has 0 aliphatic carbocycles. The van der Waals surface area contributed by atoms with Gasteiger partial charge in [-0.3, -0.25) is 0 Å². The molecule has 6 aromatic rings. The number of nitrogens with zero attached hydrogens (tertiary/aromatic N) is 6. The number of furan rings is 3. The second-order valence-electron chi connectivity index (χ2n) is 12.8. The van der Waals surface area contributed by atoms with E-state index in [0.717, 1.165) is 19.6 Å². The van der Waals surface area contributed by atoms with Gasteiger partial charge in [-0.05, 0) is 55.7 Å². The van der Waals surface area contributed by atoms with Gasteiger partial charge in [0.05, 0.1) is 59.6 Å². The topological polar surface area (TPSA) is 186 Å². The number of carboxylic acid groups (broad SMARTS) is 3. The van der Waals surface area contributed by atoms with E-state index in [4.69, 9.17) is 0 Å². The molecule has 312 valence electrons. The number of rotatable bonds is 12. The molecule has 0 aliphatic heterocycles. The fraction of sp³-hybridized carbons (Fsp3) is 0.429. The van der Waals surface area contributed by atoms with Gasteiger partial charge in [-0.25, -0.2) is 27.4 Å². The molecule has 6 heterocycles. The number of carbonyl (C=O) groups is 3. The second kappa shape index (κ2) is 27.5. The van der Waals surface area contributed by atoms with Gasteiger partial charge < -0.3 is 43.0 Å². The van der Waals surface area contributed by atoms with Crippen molar-refractivity contribution >= 4 is 17.9 Å². The minimum Gasteiger partial charge on any atom is -0.542 e. The summed E-state index contributed by atoms with van der Waals surface area (Å²) in [6, 6.07) is 8.46. The van der Waals surface area contributed by atoms with E-state index >= 15 is 0 Å². The lowest BCUT2D eigenvalue weighted by atomic mass is 10.3. The van der Waals surface area contributed by atoms with Gasteiger partial charge in [-0.15, -0.1) is 0 Å². The van der Waals surface area contributed by atoms with E-state index in [1.54, 1.807) is 0 Å². The Morgan fingerprint density at radius 3 is 0.877 bits per heavy atom. The normalized spacial score (nSPS) is 9.84. The Labute approximate surface area is 335 Å². The highest BCUT2D eigenvalue weighted by molar-refractivity contribution is 5.82. The third-order valence-corrected chi connectivity index (χ3v) is 8.61.